The minimum absolute atomic E-state index is 0. The van der Waals surface area contributed by atoms with Gasteiger partial charge in [0.1, 0.15) is 12.4 Å². The second-order valence-corrected chi connectivity index (χ2v) is 6.65. The molecule has 1 atom stereocenters. The Kier molecular flexibility index (Phi) is 6.82. The third-order valence-corrected chi connectivity index (χ3v) is 4.82. The van der Waals surface area contributed by atoms with E-state index in [1.165, 1.54) is 12.1 Å². The number of guanidine groups is 1. The SMILES string of the molecule is I.NC(=NCC1COc2ccccc2O1)N1CCN(c2ccc(F)cc2)CC1. The highest BCUT2D eigenvalue weighted by atomic mass is 127. The molecule has 6 nitrogen and oxygen atoms in total. The topological polar surface area (TPSA) is 63.3 Å². The van der Waals surface area contributed by atoms with Gasteiger partial charge in [0.15, 0.2) is 23.6 Å². The Labute approximate surface area is 181 Å². The summed E-state index contributed by atoms with van der Waals surface area (Å²) in [4.78, 5) is 8.79. The van der Waals surface area contributed by atoms with E-state index in [9.17, 15) is 4.39 Å². The Balaban J connectivity index is 0.00000225. The minimum Gasteiger partial charge on any atom is -0.486 e. The van der Waals surface area contributed by atoms with Crippen LogP contribution in [0.4, 0.5) is 10.1 Å². The summed E-state index contributed by atoms with van der Waals surface area (Å²) in [6, 6.07) is 14.2. The third-order valence-electron chi connectivity index (χ3n) is 4.82. The lowest BCUT2D eigenvalue weighted by molar-refractivity contribution is 0.0969. The molecular formula is C20H24FIN4O2. The lowest BCUT2D eigenvalue weighted by atomic mass is 10.2. The molecule has 150 valence electrons. The van der Waals surface area contributed by atoms with Gasteiger partial charge < -0.3 is 25.0 Å². The highest BCUT2D eigenvalue weighted by molar-refractivity contribution is 14.0. The molecule has 8 heteroatoms. The van der Waals surface area contributed by atoms with Gasteiger partial charge >= 0.3 is 0 Å². The Morgan fingerprint density at radius 2 is 1.71 bits per heavy atom. The summed E-state index contributed by atoms with van der Waals surface area (Å²) in [6.45, 7) is 4.11. The van der Waals surface area contributed by atoms with Crippen molar-refractivity contribution < 1.29 is 13.9 Å². The fraction of sp³-hybridized carbons (Fsp3) is 0.350. The number of piperazine rings is 1. The van der Waals surface area contributed by atoms with Gasteiger partial charge in [-0.05, 0) is 36.4 Å². The van der Waals surface area contributed by atoms with Crippen LogP contribution in [-0.4, -0.2) is 56.3 Å². The summed E-state index contributed by atoms with van der Waals surface area (Å²) in [5, 5.41) is 0. The molecule has 1 saturated heterocycles. The van der Waals surface area contributed by atoms with Crippen LogP contribution in [0.5, 0.6) is 11.5 Å². The number of aliphatic imine (C=N–C) groups is 1. The molecule has 1 unspecified atom stereocenters. The van der Waals surface area contributed by atoms with Crippen molar-refractivity contribution >= 4 is 35.6 Å². The zero-order valence-corrected chi connectivity index (χ0v) is 17.8. The summed E-state index contributed by atoms with van der Waals surface area (Å²) in [5.41, 5.74) is 7.20. The Morgan fingerprint density at radius 3 is 2.43 bits per heavy atom. The van der Waals surface area contributed by atoms with Crippen LogP contribution in [0.25, 0.3) is 0 Å². The monoisotopic (exact) mass is 498 g/mol. The zero-order valence-electron chi connectivity index (χ0n) is 15.5. The van der Waals surface area contributed by atoms with E-state index in [1.54, 1.807) is 12.1 Å². The van der Waals surface area contributed by atoms with Gasteiger partial charge in [0.25, 0.3) is 0 Å². The van der Waals surface area contributed by atoms with Gasteiger partial charge in [-0.1, -0.05) is 12.1 Å². The van der Waals surface area contributed by atoms with Crippen molar-refractivity contribution in [3.63, 3.8) is 0 Å². The molecule has 2 N–H and O–H groups in total. The molecule has 2 aromatic carbocycles. The van der Waals surface area contributed by atoms with E-state index in [-0.39, 0.29) is 35.9 Å². The van der Waals surface area contributed by atoms with Crippen LogP contribution in [0, 0.1) is 5.82 Å². The molecule has 2 aliphatic rings. The van der Waals surface area contributed by atoms with Crippen molar-refractivity contribution in [2.45, 2.75) is 6.10 Å². The van der Waals surface area contributed by atoms with Gasteiger partial charge in [-0.3, -0.25) is 0 Å². The van der Waals surface area contributed by atoms with Crippen molar-refractivity contribution in [3.8, 4) is 11.5 Å². The predicted molar refractivity (Wildman–Crippen MR) is 118 cm³/mol. The molecule has 2 heterocycles. The first kappa shape index (κ1) is 20.5. The zero-order chi connectivity index (χ0) is 18.6. The highest BCUT2D eigenvalue weighted by Gasteiger charge is 2.22. The van der Waals surface area contributed by atoms with Crippen LogP contribution >= 0.6 is 24.0 Å². The van der Waals surface area contributed by atoms with Crippen molar-refractivity contribution in [2.75, 3.05) is 44.2 Å². The van der Waals surface area contributed by atoms with Crippen LogP contribution in [-0.2, 0) is 0 Å². The van der Waals surface area contributed by atoms with Crippen LogP contribution in [0.1, 0.15) is 0 Å². The first-order valence-electron chi connectivity index (χ1n) is 9.13. The van der Waals surface area contributed by atoms with E-state index in [1.807, 2.05) is 24.3 Å². The third kappa shape index (κ3) is 4.78. The molecule has 2 aliphatic heterocycles. The number of hydrogen-bond donors (Lipinski definition) is 1. The van der Waals surface area contributed by atoms with E-state index < -0.39 is 0 Å². The van der Waals surface area contributed by atoms with Crippen molar-refractivity contribution in [3.05, 3.63) is 54.3 Å². The number of halogens is 2. The molecule has 0 aliphatic carbocycles. The molecule has 0 bridgehead atoms. The maximum Gasteiger partial charge on any atom is 0.191 e. The number of benzene rings is 2. The molecule has 2 aromatic rings. The van der Waals surface area contributed by atoms with Gasteiger partial charge in [-0.25, -0.2) is 9.38 Å². The predicted octanol–water partition coefficient (Wildman–Crippen LogP) is 2.72. The lowest BCUT2D eigenvalue weighted by Gasteiger charge is -2.36. The molecule has 0 spiro atoms. The van der Waals surface area contributed by atoms with Gasteiger partial charge in [-0.15, -0.1) is 24.0 Å². The van der Waals surface area contributed by atoms with Gasteiger partial charge in [0.05, 0.1) is 6.54 Å². The largest absolute Gasteiger partial charge is 0.486 e. The van der Waals surface area contributed by atoms with Crippen LogP contribution < -0.4 is 20.1 Å². The van der Waals surface area contributed by atoms with Crippen LogP contribution in [0.3, 0.4) is 0 Å². The number of fused-ring (bicyclic) bond motifs is 1. The number of para-hydroxylation sites is 2. The lowest BCUT2D eigenvalue weighted by Crippen LogP contribution is -2.51. The minimum atomic E-state index is -0.217. The van der Waals surface area contributed by atoms with Gasteiger partial charge in [0, 0.05) is 31.9 Å². The van der Waals surface area contributed by atoms with Crippen LogP contribution in [0.2, 0.25) is 0 Å². The number of anilines is 1. The molecule has 0 saturated carbocycles. The molecule has 1 fully saturated rings. The normalized spacial score (nSPS) is 19.2. The summed E-state index contributed by atoms with van der Waals surface area (Å²) < 4.78 is 24.7. The fourth-order valence-corrected chi connectivity index (χ4v) is 3.29. The van der Waals surface area contributed by atoms with E-state index >= 15 is 0 Å². The van der Waals surface area contributed by atoms with Crippen molar-refractivity contribution in [1.29, 1.82) is 0 Å². The van der Waals surface area contributed by atoms with E-state index in [0.717, 1.165) is 43.4 Å². The quantitative estimate of drug-likeness (QED) is 0.401. The van der Waals surface area contributed by atoms with Crippen molar-refractivity contribution in [1.82, 2.24) is 4.90 Å². The molecule has 4 rings (SSSR count). The smallest absolute Gasteiger partial charge is 0.191 e. The van der Waals surface area contributed by atoms with Crippen LogP contribution in [0.15, 0.2) is 53.5 Å². The van der Waals surface area contributed by atoms with E-state index in [0.29, 0.717) is 19.1 Å². The second kappa shape index (κ2) is 9.31. The van der Waals surface area contributed by atoms with Gasteiger partial charge in [-0.2, -0.15) is 0 Å². The highest BCUT2D eigenvalue weighted by Crippen LogP contribution is 2.30. The Hall–Kier alpha value is -2.23. The van der Waals surface area contributed by atoms with Gasteiger partial charge in [0.2, 0.25) is 0 Å². The summed E-state index contributed by atoms with van der Waals surface area (Å²) in [7, 11) is 0. The summed E-state index contributed by atoms with van der Waals surface area (Å²) >= 11 is 0. The average molecular weight is 498 g/mol. The summed E-state index contributed by atoms with van der Waals surface area (Å²) in [6.07, 6.45) is -0.140. The average Bonchev–Trinajstić information content (AvgIpc) is 2.72. The number of rotatable bonds is 3. The molecular weight excluding hydrogens is 474 g/mol. The summed E-state index contributed by atoms with van der Waals surface area (Å²) in [5.74, 6) is 1.82. The molecule has 28 heavy (non-hydrogen) atoms. The Morgan fingerprint density at radius 1 is 1.04 bits per heavy atom. The molecule has 0 radical (unpaired) electrons. The fourth-order valence-electron chi connectivity index (χ4n) is 3.29. The number of nitrogens with zero attached hydrogens (tertiary/aromatic N) is 3. The van der Waals surface area contributed by atoms with E-state index in [4.69, 9.17) is 15.2 Å². The Bertz CT molecular complexity index is 810. The molecule has 0 amide bonds. The van der Waals surface area contributed by atoms with Crippen molar-refractivity contribution in [2.24, 2.45) is 10.7 Å². The first-order chi connectivity index (χ1) is 13.2. The standard InChI is InChI=1S/C20H23FN4O2.HI/c21-15-5-7-16(8-6-15)24-9-11-25(12-10-24)20(22)23-13-17-14-26-18-3-1-2-4-19(18)27-17;/h1-8,17H,9-14H2,(H2,22,23);1H. The maximum absolute atomic E-state index is 13.1. The first-order valence-corrected chi connectivity index (χ1v) is 9.13. The number of ether oxygens (including phenoxy) is 2. The maximum atomic E-state index is 13.1. The van der Waals surface area contributed by atoms with E-state index in [2.05, 4.69) is 14.8 Å². The second-order valence-electron chi connectivity index (χ2n) is 6.65. The number of nitrogens with two attached hydrogens (primary N) is 1. The number of hydrogen-bond acceptors (Lipinski definition) is 4. The molecule has 0 aromatic heterocycles.